The van der Waals surface area contributed by atoms with Gasteiger partial charge in [-0.1, -0.05) is 66.8 Å². The van der Waals surface area contributed by atoms with Crippen LogP contribution in [0.1, 0.15) is 18.9 Å². The van der Waals surface area contributed by atoms with Gasteiger partial charge in [0.05, 0.1) is 5.51 Å². The number of hydrogen-bond acceptors (Lipinski definition) is 6. The third-order valence-corrected chi connectivity index (χ3v) is 6.16. The molecule has 1 aliphatic rings. The molecule has 1 saturated heterocycles. The fourth-order valence-electron chi connectivity index (χ4n) is 3.76. The minimum Gasteiger partial charge on any atom is -0.413 e. The molecule has 1 aliphatic heterocycles. The molecule has 0 bridgehead atoms. The standard InChI is InChI=1S/C24H27N3O2S/c1-2-22(28)29-24-23(25-18-30-24)20-10-6-7-11-21(20)27-16-14-26(15-17-27)13-12-19-8-4-3-5-9-19/h3-11,18H,2,12-17H2,1H3. The summed E-state index contributed by atoms with van der Waals surface area (Å²) >= 11 is 1.37. The lowest BCUT2D eigenvalue weighted by Gasteiger charge is -2.37. The molecule has 0 saturated carbocycles. The number of rotatable bonds is 7. The first kappa shape index (κ1) is 20.6. The van der Waals surface area contributed by atoms with Gasteiger partial charge in [0.15, 0.2) is 0 Å². The summed E-state index contributed by atoms with van der Waals surface area (Å²) < 4.78 is 5.51. The number of hydrogen-bond donors (Lipinski definition) is 0. The molecule has 6 heteroatoms. The van der Waals surface area contributed by atoms with Crippen molar-refractivity contribution in [1.82, 2.24) is 9.88 Å². The highest BCUT2D eigenvalue weighted by Gasteiger charge is 2.22. The second-order valence-electron chi connectivity index (χ2n) is 7.40. The molecule has 0 atom stereocenters. The highest BCUT2D eigenvalue weighted by Crippen LogP contribution is 2.38. The van der Waals surface area contributed by atoms with Gasteiger partial charge in [0.25, 0.3) is 0 Å². The molecule has 156 valence electrons. The Bertz CT molecular complexity index is 965. The van der Waals surface area contributed by atoms with Crippen molar-refractivity contribution in [3.63, 3.8) is 0 Å². The van der Waals surface area contributed by atoms with E-state index in [0.717, 1.165) is 56.1 Å². The van der Waals surface area contributed by atoms with Gasteiger partial charge in [-0.3, -0.25) is 9.69 Å². The van der Waals surface area contributed by atoms with E-state index in [0.29, 0.717) is 11.5 Å². The first-order valence-electron chi connectivity index (χ1n) is 10.5. The number of para-hydroxylation sites is 1. The molecule has 2 aromatic carbocycles. The largest absolute Gasteiger partial charge is 0.413 e. The van der Waals surface area contributed by atoms with E-state index in [2.05, 4.69) is 63.3 Å². The average Bonchev–Trinajstić information content (AvgIpc) is 3.26. The van der Waals surface area contributed by atoms with Gasteiger partial charge < -0.3 is 9.64 Å². The SMILES string of the molecule is CCC(=O)Oc1scnc1-c1ccccc1N1CCN(CCc2ccccc2)CC1. The molecule has 1 aromatic heterocycles. The van der Waals surface area contributed by atoms with Crippen molar-refractivity contribution in [3.05, 3.63) is 65.7 Å². The monoisotopic (exact) mass is 421 g/mol. The summed E-state index contributed by atoms with van der Waals surface area (Å²) in [6.45, 7) is 6.91. The molecule has 2 heterocycles. The van der Waals surface area contributed by atoms with Gasteiger partial charge in [0.1, 0.15) is 5.69 Å². The van der Waals surface area contributed by atoms with Crippen LogP contribution in [0.3, 0.4) is 0 Å². The molecule has 0 radical (unpaired) electrons. The van der Waals surface area contributed by atoms with Crippen molar-refractivity contribution in [3.8, 4) is 16.3 Å². The molecule has 1 fully saturated rings. The summed E-state index contributed by atoms with van der Waals surface area (Å²) in [5.74, 6) is -0.231. The fourth-order valence-corrected chi connectivity index (χ4v) is 4.43. The second kappa shape index (κ2) is 9.87. The Kier molecular flexibility index (Phi) is 6.77. The lowest BCUT2D eigenvalue weighted by Crippen LogP contribution is -2.47. The molecule has 0 N–H and O–H groups in total. The Labute approximate surface area is 181 Å². The number of nitrogens with zero attached hydrogens (tertiary/aromatic N) is 3. The highest BCUT2D eigenvalue weighted by atomic mass is 32.1. The Hall–Kier alpha value is -2.70. The molecular weight excluding hydrogens is 394 g/mol. The van der Waals surface area contributed by atoms with Crippen LogP contribution in [0, 0.1) is 0 Å². The van der Waals surface area contributed by atoms with E-state index in [1.54, 1.807) is 12.4 Å². The molecule has 0 aliphatic carbocycles. The molecule has 30 heavy (non-hydrogen) atoms. The zero-order chi connectivity index (χ0) is 20.8. The number of benzene rings is 2. The Morgan fingerprint density at radius 2 is 1.77 bits per heavy atom. The Morgan fingerprint density at radius 1 is 1.03 bits per heavy atom. The second-order valence-corrected chi connectivity index (χ2v) is 8.21. The summed E-state index contributed by atoms with van der Waals surface area (Å²) in [4.78, 5) is 21.2. The molecule has 0 amide bonds. The maximum absolute atomic E-state index is 11.8. The molecule has 0 spiro atoms. The summed E-state index contributed by atoms with van der Waals surface area (Å²) in [6.07, 6.45) is 1.44. The first-order chi connectivity index (χ1) is 14.7. The smallest absolute Gasteiger partial charge is 0.311 e. The quantitative estimate of drug-likeness (QED) is 0.526. The summed E-state index contributed by atoms with van der Waals surface area (Å²) in [7, 11) is 0. The van der Waals surface area contributed by atoms with Gasteiger partial charge >= 0.3 is 5.97 Å². The molecule has 3 aromatic rings. The van der Waals surface area contributed by atoms with Gasteiger partial charge in [0, 0.05) is 50.4 Å². The van der Waals surface area contributed by atoms with E-state index >= 15 is 0 Å². The van der Waals surface area contributed by atoms with Crippen molar-refractivity contribution in [2.75, 3.05) is 37.6 Å². The van der Waals surface area contributed by atoms with Gasteiger partial charge in [-0.05, 0) is 18.1 Å². The van der Waals surface area contributed by atoms with Crippen molar-refractivity contribution in [2.45, 2.75) is 19.8 Å². The van der Waals surface area contributed by atoms with E-state index in [-0.39, 0.29) is 5.97 Å². The zero-order valence-corrected chi connectivity index (χ0v) is 18.1. The van der Waals surface area contributed by atoms with Crippen LogP contribution in [0.2, 0.25) is 0 Å². The van der Waals surface area contributed by atoms with E-state index in [1.165, 1.54) is 16.9 Å². The van der Waals surface area contributed by atoms with E-state index in [1.807, 2.05) is 6.07 Å². The molecule has 0 unspecified atom stereocenters. The maximum atomic E-state index is 11.8. The van der Waals surface area contributed by atoms with Crippen LogP contribution < -0.4 is 9.64 Å². The van der Waals surface area contributed by atoms with Crippen molar-refractivity contribution in [1.29, 1.82) is 0 Å². The van der Waals surface area contributed by atoms with Crippen LogP contribution in [0.25, 0.3) is 11.3 Å². The maximum Gasteiger partial charge on any atom is 0.311 e. The van der Waals surface area contributed by atoms with Crippen LogP contribution in [-0.4, -0.2) is 48.6 Å². The lowest BCUT2D eigenvalue weighted by atomic mass is 10.1. The molecule has 4 rings (SSSR count). The van der Waals surface area contributed by atoms with Crippen molar-refractivity contribution in [2.24, 2.45) is 0 Å². The third-order valence-electron chi connectivity index (χ3n) is 5.46. The number of ether oxygens (including phenoxy) is 1. The minimum absolute atomic E-state index is 0.231. The van der Waals surface area contributed by atoms with Crippen LogP contribution in [0.5, 0.6) is 5.06 Å². The topological polar surface area (TPSA) is 45.7 Å². The van der Waals surface area contributed by atoms with E-state index < -0.39 is 0 Å². The normalized spacial score (nSPS) is 14.6. The van der Waals surface area contributed by atoms with Gasteiger partial charge in [-0.25, -0.2) is 4.98 Å². The van der Waals surface area contributed by atoms with Crippen molar-refractivity contribution >= 4 is 23.0 Å². The van der Waals surface area contributed by atoms with Crippen LogP contribution >= 0.6 is 11.3 Å². The Morgan fingerprint density at radius 3 is 2.53 bits per heavy atom. The highest BCUT2D eigenvalue weighted by molar-refractivity contribution is 7.12. The Balaban J connectivity index is 1.43. The zero-order valence-electron chi connectivity index (χ0n) is 17.3. The number of carbonyl (C=O) groups excluding carboxylic acids is 1. The fraction of sp³-hybridized carbons (Fsp3) is 0.333. The number of carbonyl (C=O) groups is 1. The predicted molar refractivity (Wildman–Crippen MR) is 122 cm³/mol. The molecule has 5 nitrogen and oxygen atoms in total. The third kappa shape index (κ3) is 4.89. The van der Waals surface area contributed by atoms with Crippen molar-refractivity contribution < 1.29 is 9.53 Å². The van der Waals surface area contributed by atoms with Gasteiger partial charge in [-0.15, -0.1) is 0 Å². The minimum atomic E-state index is -0.231. The first-order valence-corrected chi connectivity index (χ1v) is 11.4. The lowest BCUT2D eigenvalue weighted by molar-refractivity contribution is -0.133. The number of aromatic nitrogens is 1. The van der Waals surface area contributed by atoms with Gasteiger partial charge in [-0.2, -0.15) is 0 Å². The van der Waals surface area contributed by atoms with E-state index in [9.17, 15) is 4.79 Å². The number of anilines is 1. The van der Waals surface area contributed by atoms with E-state index in [4.69, 9.17) is 4.74 Å². The number of esters is 1. The average molecular weight is 422 g/mol. The summed E-state index contributed by atoms with van der Waals surface area (Å²) in [6, 6.07) is 19.0. The summed E-state index contributed by atoms with van der Waals surface area (Å²) in [5, 5.41) is 0.579. The number of piperazine rings is 1. The van der Waals surface area contributed by atoms with Crippen LogP contribution in [0.15, 0.2) is 60.1 Å². The number of thiazole rings is 1. The molecular formula is C24H27N3O2S. The van der Waals surface area contributed by atoms with Crippen LogP contribution in [-0.2, 0) is 11.2 Å². The van der Waals surface area contributed by atoms with Crippen LogP contribution in [0.4, 0.5) is 5.69 Å². The van der Waals surface area contributed by atoms with Gasteiger partial charge in [0.2, 0.25) is 5.06 Å². The predicted octanol–water partition coefficient (Wildman–Crippen LogP) is 4.49. The summed E-state index contributed by atoms with van der Waals surface area (Å²) in [5.41, 5.74) is 6.06.